The highest BCUT2D eigenvalue weighted by Gasteiger charge is 2.24. The Hall–Kier alpha value is -2.39. The fraction of sp³-hybridized carbons (Fsp3) is 0.333. The van der Waals surface area contributed by atoms with Crippen molar-refractivity contribution in [3.05, 3.63) is 78.1 Å². The molecule has 3 aromatic rings. The van der Waals surface area contributed by atoms with Crippen LogP contribution in [0.5, 0.6) is 0 Å². The lowest BCUT2D eigenvalue weighted by atomic mass is 9.90. The Morgan fingerprint density at radius 3 is 2.78 bits per heavy atom. The summed E-state index contributed by atoms with van der Waals surface area (Å²) >= 11 is 0. The molecule has 0 aromatic heterocycles. The number of fused-ring (bicyclic) bond motifs is 1. The lowest BCUT2D eigenvalue weighted by Gasteiger charge is -2.38. The Morgan fingerprint density at radius 2 is 1.89 bits per heavy atom. The molecule has 1 unspecified atom stereocenters. The van der Waals surface area contributed by atoms with Crippen LogP contribution in [0.3, 0.4) is 0 Å². The predicted molar refractivity (Wildman–Crippen MR) is 110 cm³/mol. The summed E-state index contributed by atoms with van der Waals surface area (Å²) in [6.45, 7) is 4.53. The maximum atomic E-state index is 13.7. The molecule has 140 valence electrons. The summed E-state index contributed by atoms with van der Waals surface area (Å²) in [5.74, 6) is 0.286. The molecule has 0 aliphatic carbocycles. The minimum atomic E-state index is -0.179. The van der Waals surface area contributed by atoms with Gasteiger partial charge >= 0.3 is 0 Å². The maximum absolute atomic E-state index is 13.7. The molecule has 2 nitrogen and oxygen atoms in total. The molecule has 1 fully saturated rings. The van der Waals surface area contributed by atoms with Crippen molar-refractivity contribution in [1.29, 1.82) is 0 Å². The number of benzene rings is 3. The highest BCUT2D eigenvalue weighted by molar-refractivity contribution is 5.86. The smallest absolute Gasteiger partial charge is 0.125 e. The molecule has 3 aromatic carbocycles. The number of rotatable bonds is 5. The van der Waals surface area contributed by atoms with Crippen molar-refractivity contribution < 1.29 is 9.13 Å². The number of nitrogens with zero attached hydrogens (tertiary/aromatic N) is 1. The van der Waals surface area contributed by atoms with Gasteiger partial charge < -0.3 is 9.64 Å². The molecule has 0 bridgehead atoms. The van der Waals surface area contributed by atoms with E-state index in [1.807, 2.05) is 6.07 Å². The summed E-state index contributed by atoms with van der Waals surface area (Å²) < 4.78 is 19.4. The number of hydrogen-bond donors (Lipinski definition) is 0. The largest absolute Gasteiger partial charge is 0.377 e. The quantitative estimate of drug-likeness (QED) is 0.571. The molecular formula is C24H26FNO. The van der Waals surface area contributed by atoms with E-state index in [0.29, 0.717) is 19.1 Å². The van der Waals surface area contributed by atoms with Crippen LogP contribution in [-0.4, -0.2) is 25.8 Å². The fourth-order valence-electron chi connectivity index (χ4n) is 4.17. The molecule has 4 rings (SSSR count). The lowest BCUT2D eigenvalue weighted by Crippen LogP contribution is -2.45. The second-order valence-corrected chi connectivity index (χ2v) is 7.45. The van der Waals surface area contributed by atoms with E-state index >= 15 is 0 Å². The zero-order valence-corrected chi connectivity index (χ0v) is 15.8. The van der Waals surface area contributed by atoms with Gasteiger partial charge in [-0.05, 0) is 53.3 Å². The maximum Gasteiger partial charge on any atom is 0.125 e. The summed E-state index contributed by atoms with van der Waals surface area (Å²) in [6, 6.07) is 22.4. The van der Waals surface area contributed by atoms with Gasteiger partial charge in [0.1, 0.15) is 5.82 Å². The monoisotopic (exact) mass is 363 g/mol. The van der Waals surface area contributed by atoms with E-state index in [1.165, 1.54) is 22.4 Å². The van der Waals surface area contributed by atoms with Gasteiger partial charge in [0.15, 0.2) is 0 Å². The highest BCUT2D eigenvalue weighted by Crippen LogP contribution is 2.31. The van der Waals surface area contributed by atoms with Crippen molar-refractivity contribution in [2.75, 3.05) is 24.7 Å². The van der Waals surface area contributed by atoms with Crippen LogP contribution in [0.15, 0.2) is 66.7 Å². The molecule has 3 heteroatoms. The first-order chi connectivity index (χ1) is 13.2. The summed E-state index contributed by atoms with van der Waals surface area (Å²) in [4.78, 5) is 2.31. The van der Waals surface area contributed by atoms with Gasteiger partial charge in [0.05, 0.1) is 19.3 Å². The van der Waals surface area contributed by atoms with E-state index in [-0.39, 0.29) is 11.9 Å². The van der Waals surface area contributed by atoms with E-state index in [1.54, 1.807) is 12.1 Å². The van der Waals surface area contributed by atoms with Crippen LogP contribution >= 0.6 is 0 Å². The van der Waals surface area contributed by atoms with Crippen molar-refractivity contribution in [3.8, 4) is 0 Å². The van der Waals surface area contributed by atoms with Gasteiger partial charge in [-0.3, -0.25) is 0 Å². The fourth-order valence-corrected chi connectivity index (χ4v) is 4.17. The Bertz CT molecular complexity index is 904. The third kappa shape index (κ3) is 3.98. The summed E-state index contributed by atoms with van der Waals surface area (Å²) in [5.41, 5.74) is 2.36. The summed E-state index contributed by atoms with van der Waals surface area (Å²) in [7, 11) is 0. The number of anilines is 1. The number of hydrogen-bond acceptors (Lipinski definition) is 2. The highest BCUT2D eigenvalue weighted by atomic mass is 19.1. The Morgan fingerprint density at radius 1 is 1.07 bits per heavy atom. The van der Waals surface area contributed by atoms with Gasteiger partial charge in [0.2, 0.25) is 0 Å². The SMILES string of the molecule is C[C@@H](CCC1COCCN1c1cccc(F)c1)c1cccc2ccccc12. The van der Waals surface area contributed by atoms with Crippen molar-refractivity contribution >= 4 is 16.5 Å². The molecular weight excluding hydrogens is 337 g/mol. The van der Waals surface area contributed by atoms with Crippen LogP contribution in [0.4, 0.5) is 10.1 Å². The van der Waals surface area contributed by atoms with Crippen LogP contribution in [-0.2, 0) is 4.74 Å². The normalized spacial score (nSPS) is 18.6. The zero-order valence-electron chi connectivity index (χ0n) is 15.8. The van der Waals surface area contributed by atoms with Gasteiger partial charge in [-0.25, -0.2) is 4.39 Å². The van der Waals surface area contributed by atoms with Crippen LogP contribution in [0.2, 0.25) is 0 Å². The first-order valence-corrected chi connectivity index (χ1v) is 9.80. The van der Waals surface area contributed by atoms with E-state index in [4.69, 9.17) is 4.74 Å². The van der Waals surface area contributed by atoms with E-state index in [9.17, 15) is 4.39 Å². The molecule has 1 heterocycles. The minimum absolute atomic E-state index is 0.179. The van der Waals surface area contributed by atoms with E-state index in [0.717, 1.165) is 25.1 Å². The molecule has 27 heavy (non-hydrogen) atoms. The van der Waals surface area contributed by atoms with Crippen LogP contribution in [0.1, 0.15) is 31.2 Å². The first-order valence-electron chi connectivity index (χ1n) is 9.80. The molecule has 0 amide bonds. The van der Waals surface area contributed by atoms with Gasteiger partial charge in [-0.15, -0.1) is 0 Å². The Labute approximate surface area is 160 Å². The van der Waals surface area contributed by atoms with Gasteiger partial charge in [-0.2, -0.15) is 0 Å². The average Bonchev–Trinajstić information content (AvgIpc) is 2.72. The number of ether oxygens (including phenoxy) is 1. The van der Waals surface area contributed by atoms with E-state index < -0.39 is 0 Å². The van der Waals surface area contributed by atoms with Crippen LogP contribution in [0.25, 0.3) is 10.8 Å². The predicted octanol–water partition coefficient (Wildman–Crippen LogP) is 5.77. The standard InChI is InChI=1S/C24H26FNO/c1-18(23-11-4-7-19-6-2-3-10-24(19)23)12-13-22-17-27-15-14-26(22)21-9-5-8-20(25)16-21/h2-11,16,18,22H,12-15,17H2,1H3/t18-,22?/m0/s1. The lowest BCUT2D eigenvalue weighted by molar-refractivity contribution is 0.0904. The van der Waals surface area contributed by atoms with Gasteiger partial charge in [0, 0.05) is 12.2 Å². The molecule has 0 spiro atoms. The first kappa shape index (κ1) is 18.0. The zero-order chi connectivity index (χ0) is 18.6. The Balaban J connectivity index is 1.49. The molecule has 0 radical (unpaired) electrons. The van der Waals surface area contributed by atoms with Gasteiger partial charge in [-0.1, -0.05) is 55.5 Å². The van der Waals surface area contributed by atoms with Crippen molar-refractivity contribution in [3.63, 3.8) is 0 Å². The Kier molecular flexibility index (Phi) is 5.40. The molecule has 1 saturated heterocycles. The summed E-state index contributed by atoms with van der Waals surface area (Å²) in [6.07, 6.45) is 2.11. The van der Waals surface area contributed by atoms with Crippen molar-refractivity contribution in [2.24, 2.45) is 0 Å². The topological polar surface area (TPSA) is 12.5 Å². The second kappa shape index (κ2) is 8.10. The van der Waals surface area contributed by atoms with E-state index in [2.05, 4.69) is 54.3 Å². The van der Waals surface area contributed by atoms with Crippen molar-refractivity contribution in [2.45, 2.75) is 31.7 Å². The average molecular weight is 363 g/mol. The van der Waals surface area contributed by atoms with Gasteiger partial charge in [0.25, 0.3) is 0 Å². The van der Waals surface area contributed by atoms with Crippen molar-refractivity contribution in [1.82, 2.24) is 0 Å². The number of halogens is 1. The van der Waals surface area contributed by atoms with Crippen LogP contribution < -0.4 is 4.90 Å². The minimum Gasteiger partial charge on any atom is -0.377 e. The summed E-state index contributed by atoms with van der Waals surface area (Å²) in [5, 5.41) is 2.64. The number of morpholine rings is 1. The molecule has 0 saturated carbocycles. The van der Waals surface area contributed by atoms with Crippen LogP contribution in [0, 0.1) is 5.82 Å². The molecule has 1 aliphatic heterocycles. The third-order valence-electron chi connectivity index (χ3n) is 5.65. The molecule has 0 N–H and O–H groups in total. The molecule has 2 atom stereocenters. The molecule has 1 aliphatic rings. The third-order valence-corrected chi connectivity index (χ3v) is 5.65. The second-order valence-electron chi connectivity index (χ2n) is 7.45.